The van der Waals surface area contributed by atoms with E-state index >= 15 is 0 Å². The summed E-state index contributed by atoms with van der Waals surface area (Å²) in [5.74, 6) is 0.571. The number of amides is 1. The van der Waals surface area contributed by atoms with E-state index in [9.17, 15) is 4.79 Å². The third-order valence-electron chi connectivity index (χ3n) is 4.36. The van der Waals surface area contributed by atoms with Crippen LogP contribution >= 0.6 is 0 Å². The van der Waals surface area contributed by atoms with E-state index in [0.29, 0.717) is 18.1 Å². The van der Waals surface area contributed by atoms with Gasteiger partial charge in [0.1, 0.15) is 0 Å². The van der Waals surface area contributed by atoms with Crippen LogP contribution in [0.25, 0.3) is 11.4 Å². The second-order valence-electron chi connectivity index (χ2n) is 6.39. The maximum atomic E-state index is 12.4. The van der Waals surface area contributed by atoms with Gasteiger partial charge in [0.2, 0.25) is 11.6 Å². The average molecular weight is 394 g/mol. The maximum Gasteiger partial charge on any atom is 0.414 e. The van der Waals surface area contributed by atoms with Gasteiger partial charge in [-0.2, -0.15) is 0 Å². The number of benzene rings is 2. The Morgan fingerprint density at radius 1 is 1.03 bits per heavy atom. The predicted octanol–water partition coefficient (Wildman–Crippen LogP) is 2.22. The van der Waals surface area contributed by atoms with Crippen molar-refractivity contribution in [1.29, 1.82) is 0 Å². The van der Waals surface area contributed by atoms with Gasteiger partial charge in [0.25, 0.3) is 0 Å². The Morgan fingerprint density at radius 2 is 1.62 bits per heavy atom. The summed E-state index contributed by atoms with van der Waals surface area (Å²) in [6.07, 6.45) is -1.30. The van der Waals surface area contributed by atoms with Crippen molar-refractivity contribution in [3.63, 3.8) is 0 Å². The van der Waals surface area contributed by atoms with Gasteiger partial charge in [0.15, 0.2) is 6.10 Å². The van der Waals surface area contributed by atoms with Crippen molar-refractivity contribution in [1.82, 2.24) is 20.4 Å². The van der Waals surface area contributed by atoms with Crippen LogP contribution in [0.15, 0.2) is 48.5 Å². The Morgan fingerprint density at radius 3 is 2.17 bits per heavy atom. The fraction of sp³-hybridized carbons (Fsp3) is 0.250. The van der Waals surface area contributed by atoms with E-state index in [4.69, 9.17) is 15.6 Å². The molecule has 0 bridgehead atoms. The highest BCUT2D eigenvalue weighted by molar-refractivity contribution is 5.87. The lowest BCUT2D eigenvalue weighted by Crippen LogP contribution is -2.28. The normalized spacial score (nSPS) is 11.7. The Kier molecular flexibility index (Phi) is 6.43. The van der Waals surface area contributed by atoms with Crippen LogP contribution in [0.1, 0.15) is 30.0 Å². The number of hydrogen-bond donors (Lipinski definition) is 2. The first-order valence-electron chi connectivity index (χ1n) is 9.02. The molecule has 1 amide bonds. The Bertz CT molecular complexity index is 945. The predicted molar refractivity (Wildman–Crippen MR) is 107 cm³/mol. The van der Waals surface area contributed by atoms with Gasteiger partial charge in [0.05, 0.1) is 6.61 Å². The van der Waals surface area contributed by atoms with Crippen molar-refractivity contribution in [2.45, 2.75) is 26.2 Å². The van der Waals surface area contributed by atoms with E-state index in [-0.39, 0.29) is 12.4 Å². The van der Waals surface area contributed by atoms with Gasteiger partial charge in [-0.1, -0.05) is 36.4 Å². The highest BCUT2D eigenvalue weighted by Crippen LogP contribution is 2.19. The minimum absolute atomic E-state index is 0.0596. The fourth-order valence-electron chi connectivity index (χ4n) is 2.52. The molecule has 1 heterocycles. The number of aromatic nitrogens is 4. The topological polar surface area (TPSA) is 127 Å². The molecule has 0 spiro atoms. The molecular formula is C20H22N6O3. The largest absolute Gasteiger partial charge is 0.438 e. The first kappa shape index (κ1) is 20.3. The zero-order valence-corrected chi connectivity index (χ0v) is 16.2. The van der Waals surface area contributed by atoms with E-state index in [1.807, 2.05) is 24.3 Å². The lowest BCUT2D eigenvalue weighted by molar-refractivity contribution is 0.109. The molecule has 3 aromatic rings. The molecule has 150 valence electrons. The molecule has 3 rings (SSSR count). The van der Waals surface area contributed by atoms with Gasteiger partial charge >= 0.3 is 6.09 Å². The second-order valence-corrected chi connectivity index (χ2v) is 6.39. The van der Waals surface area contributed by atoms with E-state index in [0.717, 1.165) is 16.7 Å². The zero-order chi connectivity index (χ0) is 20.8. The minimum Gasteiger partial charge on any atom is -0.438 e. The molecule has 0 aliphatic carbocycles. The molecule has 0 aliphatic rings. The number of nitrogens with two attached hydrogens (primary N) is 1. The quantitative estimate of drug-likeness (QED) is 0.651. The third-order valence-corrected chi connectivity index (χ3v) is 4.36. The van der Waals surface area contributed by atoms with Crippen molar-refractivity contribution in [2.24, 2.45) is 5.73 Å². The van der Waals surface area contributed by atoms with Gasteiger partial charge in [-0.3, -0.25) is 4.90 Å². The van der Waals surface area contributed by atoms with Crippen LogP contribution in [0.2, 0.25) is 0 Å². The first-order valence-corrected chi connectivity index (χ1v) is 9.02. The Hall–Kier alpha value is -3.43. The van der Waals surface area contributed by atoms with E-state index in [1.54, 1.807) is 38.2 Å². The summed E-state index contributed by atoms with van der Waals surface area (Å²) < 4.78 is 5.40. The maximum absolute atomic E-state index is 12.4. The van der Waals surface area contributed by atoms with Crippen molar-refractivity contribution in [2.75, 3.05) is 11.9 Å². The molecule has 9 heteroatoms. The number of carbonyl (C=O) groups excluding carboxylic acids is 1. The molecule has 3 N–H and O–H groups in total. The molecule has 1 aromatic heterocycles. The number of rotatable bonds is 6. The highest BCUT2D eigenvalue weighted by Gasteiger charge is 2.20. The molecule has 1 unspecified atom stereocenters. The number of aliphatic hydroxyl groups is 1. The molecule has 2 aromatic carbocycles. The molecule has 0 aliphatic heterocycles. The van der Waals surface area contributed by atoms with Crippen LogP contribution in [0, 0.1) is 0 Å². The van der Waals surface area contributed by atoms with Crippen LogP contribution < -0.4 is 10.6 Å². The summed E-state index contributed by atoms with van der Waals surface area (Å²) in [5.41, 5.74) is 8.75. The van der Waals surface area contributed by atoms with Crippen LogP contribution in [0.4, 0.5) is 10.5 Å². The van der Waals surface area contributed by atoms with Gasteiger partial charge in [0, 0.05) is 24.8 Å². The molecule has 0 saturated heterocycles. The molecule has 0 fully saturated rings. The van der Waals surface area contributed by atoms with Gasteiger partial charge < -0.3 is 15.6 Å². The number of aliphatic hydroxyl groups excluding tert-OH is 1. The first-order chi connectivity index (χ1) is 14.0. The van der Waals surface area contributed by atoms with E-state index in [1.165, 1.54) is 4.90 Å². The lowest BCUT2D eigenvalue weighted by Gasteiger charge is -2.19. The fourth-order valence-corrected chi connectivity index (χ4v) is 2.52. The number of hydrogen-bond acceptors (Lipinski definition) is 8. The van der Waals surface area contributed by atoms with Crippen molar-refractivity contribution in [3.05, 3.63) is 65.5 Å². The molecule has 0 radical (unpaired) electrons. The van der Waals surface area contributed by atoms with E-state index < -0.39 is 12.2 Å². The molecule has 9 nitrogen and oxygen atoms in total. The summed E-state index contributed by atoms with van der Waals surface area (Å²) in [6, 6.07) is 14.4. The standard InChI is InChI=1S/C20H22N6O3/c1-13(29-20(28)26(2)17-9-5-15(12-27)6-10-17)18-22-24-19(25-23-18)16-7-3-14(11-21)4-8-16/h3-10,13,27H,11-12,21H2,1-2H3. The number of ether oxygens (including phenoxy) is 1. The van der Waals surface area contributed by atoms with Crippen LogP contribution in [0.3, 0.4) is 0 Å². The van der Waals surface area contributed by atoms with Crippen molar-refractivity contribution < 1.29 is 14.6 Å². The highest BCUT2D eigenvalue weighted by atomic mass is 16.6. The number of anilines is 1. The monoisotopic (exact) mass is 394 g/mol. The summed E-state index contributed by atoms with van der Waals surface area (Å²) in [6.45, 7) is 2.05. The minimum atomic E-state index is -0.727. The van der Waals surface area contributed by atoms with Crippen molar-refractivity contribution in [3.8, 4) is 11.4 Å². The number of nitrogens with zero attached hydrogens (tertiary/aromatic N) is 5. The van der Waals surface area contributed by atoms with E-state index in [2.05, 4.69) is 20.4 Å². The summed E-state index contributed by atoms with van der Waals surface area (Å²) in [5, 5.41) is 25.3. The van der Waals surface area contributed by atoms with Crippen LogP contribution in [-0.4, -0.2) is 38.6 Å². The zero-order valence-electron chi connectivity index (χ0n) is 16.2. The number of carbonyl (C=O) groups is 1. The Labute approximate surface area is 168 Å². The van der Waals surface area contributed by atoms with Gasteiger partial charge in [-0.05, 0) is 30.2 Å². The average Bonchev–Trinajstić information content (AvgIpc) is 2.78. The summed E-state index contributed by atoms with van der Waals surface area (Å²) in [7, 11) is 1.59. The third kappa shape index (κ3) is 4.89. The second kappa shape index (κ2) is 9.18. The van der Waals surface area contributed by atoms with Crippen molar-refractivity contribution >= 4 is 11.8 Å². The van der Waals surface area contributed by atoms with Gasteiger partial charge in [-0.25, -0.2) is 4.79 Å². The molecular weight excluding hydrogens is 372 g/mol. The van der Waals surface area contributed by atoms with Crippen LogP contribution in [0.5, 0.6) is 0 Å². The lowest BCUT2D eigenvalue weighted by atomic mass is 10.1. The van der Waals surface area contributed by atoms with Crippen LogP contribution in [-0.2, 0) is 17.9 Å². The smallest absolute Gasteiger partial charge is 0.414 e. The molecule has 29 heavy (non-hydrogen) atoms. The van der Waals surface area contributed by atoms with Gasteiger partial charge in [-0.15, -0.1) is 20.4 Å². The molecule has 0 saturated carbocycles. The SMILES string of the molecule is CC(OC(=O)N(C)c1ccc(CO)cc1)c1nnc(-c2ccc(CN)cc2)nn1. The summed E-state index contributed by atoms with van der Waals surface area (Å²) >= 11 is 0. The molecule has 1 atom stereocenters. The Balaban J connectivity index is 1.64. The summed E-state index contributed by atoms with van der Waals surface area (Å²) in [4.78, 5) is 13.7.